The third-order valence-electron chi connectivity index (χ3n) is 2.06. The van der Waals surface area contributed by atoms with Crippen molar-refractivity contribution >= 4 is 6.08 Å². The summed E-state index contributed by atoms with van der Waals surface area (Å²) in [6, 6.07) is 4.45. The Labute approximate surface area is 70.2 Å². The molecular weight excluding hydrogens is 155 g/mol. The fourth-order valence-corrected chi connectivity index (χ4v) is 1.44. The molecule has 1 aliphatic carbocycles. The Kier molecular flexibility index (Phi) is 1.70. The summed E-state index contributed by atoms with van der Waals surface area (Å²) in [7, 11) is 0. The second-order valence-electron chi connectivity index (χ2n) is 2.93. The zero-order valence-electron chi connectivity index (χ0n) is 6.50. The molecule has 1 aromatic rings. The van der Waals surface area contributed by atoms with Crippen molar-refractivity contribution in [1.82, 2.24) is 0 Å². The van der Waals surface area contributed by atoms with E-state index in [4.69, 9.17) is 0 Å². The number of halogens is 1. The highest BCUT2D eigenvalue weighted by atomic mass is 19.1. The minimum absolute atomic E-state index is 0.257. The molecule has 2 heteroatoms. The molecule has 1 atom stereocenters. The van der Waals surface area contributed by atoms with Crippen LogP contribution in [-0.4, -0.2) is 5.11 Å². The van der Waals surface area contributed by atoms with Crippen molar-refractivity contribution in [1.29, 1.82) is 0 Å². The molecule has 0 heterocycles. The zero-order valence-corrected chi connectivity index (χ0v) is 6.50. The van der Waals surface area contributed by atoms with Gasteiger partial charge < -0.3 is 5.11 Å². The molecule has 0 saturated carbocycles. The summed E-state index contributed by atoms with van der Waals surface area (Å²) in [5.41, 5.74) is 1.60. The highest BCUT2D eigenvalue weighted by Gasteiger charge is 2.13. The van der Waals surface area contributed by atoms with Crippen LogP contribution in [0.15, 0.2) is 24.3 Å². The largest absolute Gasteiger partial charge is 0.388 e. The highest BCUT2D eigenvalue weighted by Crippen LogP contribution is 2.27. The van der Waals surface area contributed by atoms with Gasteiger partial charge in [0.15, 0.2) is 0 Å². The van der Waals surface area contributed by atoms with Crippen molar-refractivity contribution in [2.24, 2.45) is 0 Å². The van der Waals surface area contributed by atoms with E-state index in [1.54, 1.807) is 6.07 Å². The molecular formula is C10H9FO. The first-order valence-corrected chi connectivity index (χ1v) is 3.91. The van der Waals surface area contributed by atoms with Crippen LogP contribution in [0.2, 0.25) is 0 Å². The maximum absolute atomic E-state index is 12.7. The van der Waals surface area contributed by atoms with Gasteiger partial charge >= 0.3 is 0 Å². The van der Waals surface area contributed by atoms with E-state index in [1.165, 1.54) is 12.1 Å². The maximum atomic E-state index is 12.7. The van der Waals surface area contributed by atoms with Gasteiger partial charge in [0, 0.05) is 0 Å². The Morgan fingerprint density at radius 2 is 2.25 bits per heavy atom. The van der Waals surface area contributed by atoms with Gasteiger partial charge in [0.25, 0.3) is 0 Å². The number of benzene rings is 1. The fraction of sp³-hybridized carbons (Fsp3) is 0.200. The average Bonchev–Trinajstić information content (AvgIpc) is 2.04. The predicted molar refractivity (Wildman–Crippen MR) is 45.0 cm³/mol. The van der Waals surface area contributed by atoms with E-state index in [2.05, 4.69) is 0 Å². The molecule has 0 radical (unpaired) electrons. The second-order valence-corrected chi connectivity index (χ2v) is 2.93. The van der Waals surface area contributed by atoms with E-state index < -0.39 is 6.10 Å². The lowest BCUT2D eigenvalue weighted by atomic mass is 9.95. The van der Waals surface area contributed by atoms with E-state index in [-0.39, 0.29) is 5.82 Å². The molecule has 0 bridgehead atoms. The van der Waals surface area contributed by atoms with E-state index >= 15 is 0 Å². The number of fused-ring (bicyclic) bond motifs is 1. The van der Waals surface area contributed by atoms with Gasteiger partial charge in [-0.1, -0.05) is 18.2 Å². The minimum Gasteiger partial charge on any atom is -0.388 e. The molecule has 2 rings (SSSR count). The van der Waals surface area contributed by atoms with Crippen LogP contribution < -0.4 is 0 Å². The first kappa shape index (κ1) is 7.50. The van der Waals surface area contributed by atoms with E-state index in [0.717, 1.165) is 11.1 Å². The Morgan fingerprint density at radius 1 is 1.42 bits per heavy atom. The van der Waals surface area contributed by atoms with Crippen LogP contribution in [0.25, 0.3) is 6.08 Å². The van der Waals surface area contributed by atoms with Crippen LogP contribution in [0.1, 0.15) is 23.7 Å². The van der Waals surface area contributed by atoms with Crippen molar-refractivity contribution in [2.45, 2.75) is 12.5 Å². The molecule has 62 valence electrons. The van der Waals surface area contributed by atoms with E-state index in [1.807, 2.05) is 12.2 Å². The molecule has 0 saturated heterocycles. The molecule has 1 unspecified atom stereocenters. The lowest BCUT2D eigenvalue weighted by Gasteiger charge is -2.15. The zero-order chi connectivity index (χ0) is 8.55. The lowest BCUT2D eigenvalue weighted by molar-refractivity contribution is 0.180. The van der Waals surface area contributed by atoms with Crippen LogP contribution in [0, 0.1) is 5.82 Å². The average molecular weight is 164 g/mol. The number of hydrogen-bond acceptors (Lipinski definition) is 1. The summed E-state index contributed by atoms with van der Waals surface area (Å²) in [4.78, 5) is 0. The smallest absolute Gasteiger partial charge is 0.123 e. The van der Waals surface area contributed by atoms with Gasteiger partial charge in [-0.05, 0) is 29.7 Å². The van der Waals surface area contributed by atoms with Crippen molar-refractivity contribution in [3.05, 3.63) is 41.2 Å². The van der Waals surface area contributed by atoms with Gasteiger partial charge in [-0.15, -0.1) is 0 Å². The number of aliphatic hydroxyl groups excluding tert-OH is 1. The molecule has 0 spiro atoms. The minimum atomic E-state index is -0.467. The van der Waals surface area contributed by atoms with Gasteiger partial charge in [-0.2, -0.15) is 0 Å². The van der Waals surface area contributed by atoms with E-state index in [9.17, 15) is 9.50 Å². The quantitative estimate of drug-likeness (QED) is 0.623. The summed E-state index contributed by atoms with van der Waals surface area (Å²) >= 11 is 0. The molecule has 0 aliphatic heterocycles. The molecule has 1 nitrogen and oxygen atoms in total. The van der Waals surface area contributed by atoms with Crippen LogP contribution >= 0.6 is 0 Å². The Bertz CT molecular complexity index is 331. The molecule has 0 aromatic heterocycles. The Balaban J connectivity index is 2.55. The first-order valence-electron chi connectivity index (χ1n) is 3.91. The van der Waals surface area contributed by atoms with Crippen LogP contribution in [0.3, 0.4) is 0 Å². The number of hydrogen-bond donors (Lipinski definition) is 1. The molecule has 0 fully saturated rings. The summed E-state index contributed by atoms with van der Waals surface area (Å²) in [5, 5.41) is 9.48. The predicted octanol–water partition coefficient (Wildman–Crippen LogP) is 2.28. The van der Waals surface area contributed by atoms with Crippen LogP contribution in [0.4, 0.5) is 4.39 Å². The van der Waals surface area contributed by atoms with Crippen molar-refractivity contribution in [3.63, 3.8) is 0 Å². The van der Waals surface area contributed by atoms with Gasteiger partial charge in [0.05, 0.1) is 6.10 Å². The third-order valence-corrected chi connectivity index (χ3v) is 2.06. The number of aliphatic hydroxyl groups is 1. The first-order chi connectivity index (χ1) is 5.77. The molecule has 0 amide bonds. The van der Waals surface area contributed by atoms with Crippen LogP contribution in [-0.2, 0) is 0 Å². The highest BCUT2D eigenvalue weighted by molar-refractivity contribution is 5.57. The monoisotopic (exact) mass is 164 g/mol. The standard InChI is InChI=1S/C10H9FO/c11-8-4-5-9-7(6-8)2-1-3-10(9)12/h1-2,4-6,10,12H,3H2. The van der Waals surface area contributed by atoms with Crippen molar-refractivity contribution in [2.75, 3.05) is 0 Å². The molecule has 1 aliphatic rings. The van der Waals surface area contributed by atoms with Crippen molar-refractivity contribution in [3.8, 4) is 0 Å². The Morgan fingerprint density at radius 3 is 3.08 bits per heavy atom. The molecule has 12 heavy (non-hydrogen) atoms. The molecule has 1 N–H and O–H groups in total. The van der Waals surface area contributed by atoms with Crippen LogP contribution in [0.5, 0.6) is 0 Å². The maximum Gasteiger partial charge on any atom is 0.123 e. The SMILES string of the molecule is OC1CC=Cc2cc(F)ccc21. The fourth-order valence-electron chi connectivity index (χ4n) is 1.44. The summed E-state index contributed by atoms with van der Waals surface area (Å²) in [6.45, 7) is 0. The van der Waals surface area contributed by atoms with Gasteiger partial charge in [-0.3, -0.25) is 0 Å². The van der Waals surface area contributed by atoms with Gasteiger partial charge in [0.1, 0.15) is 5.82 Å². The summed E-state index contributed by atoms with van der Waals surface area (Å²) in [5.74, 6) is -0.257. The topological polar surface area (TPSA) is 20.2 Å². The van der Waals surface area contributed by atoms with Gasteiger partial charge in [0.2, 0.25) is 0 Å². The Hall–Kier alpha value is -1.15. The normalized spacial score (nSPS) is 20.7. The lowest BCUT2D eigenvalue weighted by Crippen LogP contribution is -2.02. The third kappa shape index (κ3) is 1.14. The van der Waals surface area contributed by atoms with Crippen molar-refractivity contribution < 1.29 is 9.50 Å². The summed E-state index contributed by atoms with van der Waals surface area (Å²) < 4.78 is 12.7. The van der Waals surface area contributed by atoms with Gasteiger partial charge in [-0.25, -0.2) is 4.39 Å². The summed E-state index contributed by atoms with van der Waals surface area (Å²) in [6.07, 6.45) is 3.85. The molecule has 1 aromatic carbocycles. The second kappa shape index (κ2) is 2.72. The number of rotatable bonds is 0. The van der Waals surface area contributed by atoms with E-state index in [0.29, 0.717) is 6.42 Å².